The number of benzene rings is 3. The van der Waals surface area contributed by atoms with Crippen LogP contribution in [-0.4, -0.2) is 42.0 Å². The topological polar surface area (TPSA) is 95.1 Å². The molecule has 0 aliphatic heterocycles. The Balaban J connectivity index is 1.15. The SMILES string of the molecule is C[C@H](Oc1cccc(-c2cccc(-n3ncc(C(=O)O)c3[C@@H]3C[C@H]3c3cn(-c4ccccc4)nn3)c2)c1)C1CCCCC1. The highest BCUT2D eigenvalue weighted by molar-refractivity contribution is 5.89. The molecule has 3 atom stereocenters. The van der Waals surface area contributed by atoms with Crippen molar-refractivity contribution < 1.29 is 14.6 Å². The summed E-state index contributed by atoms with van der Waals surface area (Å²) in [5, 5.41) is 23.3. The van der Waals surface area contributed by atoms with Gasteiger partial charge in [0.25, 0.3) is 0 Å². The van der Waals surface area contributed by atoms with Crippen LogP contribution in [0.3, 0.4) is 0 Å². The lowest BCUT2D eigenvalue weighted by atomic mass is 9.86. The van der Waals surface area contributed by atoms with Gasteiger partial charge >= 0.3 is 5.97 Å². The van der Waals surface area contributed by atoms with E-state index in [0.717, 1.165) is 40.4 Å². The molecular formula is C35H35N5O3. The molecule has 0 radical (unpaired) electrons. The van der Waals surface area contributed by atoms with E-state index in [1.807, 2.05) is 60.8 Å². The van der Waals surface area contributed by atoms with Gasteiger partial charge in [-0.25, -0.2) is 14.2 Å². The zero-order chi connectivity index (χ0) is 29.3. The van der Waals surface area contributed by atoms with Gasteiger partial charge in [0.15, 0.2) is 0 Å². The molecule has 218 valence electrons. The highest BCUT2D eigenvalue weighted by Crippen LogP contribution is 2.55. The molecule has 43 heavy (non-hydrogen) atoms. The van der Waals surface area contributed by atoms with Crippen molar-refractivity contribution in [2.75, 3.05) is 0 Å². The van der Waals surface area contributed by atoms with Gasteiger partial charge in [-0.15, -0.1) is 5.10 Å². The largest absolute Gasteiger partial charge is 0.490 e. The summed E-state index contributed by atoms with van der Waals surface area (Å²) < 4.78 is 9.95. The molecule has 2 aliphatic rings. The van der Waals surface area contributed by atoms with Crippen LogP contribution >= 0.6 is 0 Å². The smallest absolute Gasteiger partial charge is 0.339 e. The summed E-state index contributed by atoms with van der Waals surface area (Å²) >= 11 is 0. The van der Waals surface area contributed by atoms with Crippen LogP contribution in [0, 0.1) is 5.92 Å². The van der Waals surface area contributed by atoms with E-state index in [9.17, 15) is 9.90 Å². The van der Waals surface area contributed by atoms with Crippen LogP contribution in [0.25, 0.3) is 22.5 Å². The van der Waals surface area contributed by atoms with E-state index in [-0.39, 0.29) is 23.5 Å². The number of nitrogens with zero attached hydrogens (tertiary/aromatic N) is 5. The molecule has 2 aromatic heterocycles. The van der Waals surface area contributed by atoms with E-state index in [1.165, 1.54) is 38.3 Å². The first kappa shape index (κ1) is 27.1. The number of para-hydroxylation sites is 1. The van der Waals surface area contributed by atoms with Gasteiger partial charge in [-0.1, -0.05) is 66.9 Å². The number of hydrogen-bond donors (Lipinski definition) is 1. The molecule has 0 saturated heterocycles. The number of carbonyl (C=O) groups is 1. The second-order valence-electron chi connectivity index (χ2n) is 11.8. The third-order valence-electron chi connectivity index (χ3n) is 8.98. The molecule has 3 aromatic carbocycles. The molecule has 2 heterocycles. The van der Waals surface area contributed by atoms with Gasteiger partial charge < -0.3 is 9.84 Å². The molecule has 8 heteroatoms. The Morgan fingerprint density at radius 2 is 1.65 bits per heavy atom. The lowest BCUT2D eigenvalue weighted by Crippen LogP contribution is -2.25. The average Bonchev–Trinajstić information content (AvgIpc) is 3.45. The maximum Gasteiger partial charge on any atom is 0.339 e. The molecule has 2 fully saturated rings. The fraction of sp³-hybridized carbons (Fsp3) is 0.314. The highest BCUT2D eigenvalue weighted by atomic mass is 16.5. The number of ether oxygens (including phenoxy) is 1. The molecule has 0 unspecified atom stereocenters. The van der Waals surface area contributed by atoms with Gasteiger partial charge in [0.05, 0.1) is 41.3 Å². The summed E-state index contributed by atoms with van der Waals surface area (Å²) in [6, 6.07) is 26.2. The fourth-order valence-electron chi connectivity index (χ4n) is 6.54. The standard InChI is InChI=1S/C35H35N5O3/c1-23(24-10-4-2-5-11-24)43-29-17-9-13-26(19-29)25-12-8-16-28(18-25)40-34(32(21-36-40)35(41)42)31-20-30(31)33-22-39(38-37-33)27-14-6-3-7-15-27/h3,6-9,12-19,21-24,30-31H,2,4-5,10-11,20H2,1H3,(H,41,42)/t23-,30+,31+/m0/s1. The Bertz CT molecular complexity index is 1740. The molecule has 2 aliphatic carbocycles. The van der Waals surface area contributed by atoms with Crippen LogP contribution in [0.15, 0.2) is 91.3 Å². The molecule has 7 rings (SSSR count). The first-order chi connectivity index (χ1) is 21.0. The van der Waals surface area contributed by atoms with E-state index in [0.29, 0.717) is 11.6 Å². The van der Waals surface area contributed by atoms with E-state index in [2.05, 4.69) is 46.6 Å². The number of carboxylic acids is 1. The molecule has 0 spiro atoms. The van der Waals surface area contributed by atoms with Crippen molar-refractivity contribution in [2.45, 2.75) is 63.4 Å². The minimum Gasteiger partial charge on any atom is -0.490 e. The van der Waals surface area contributed by atoms with Crippen LogP contribution in [0.5, 0.6) is 5.75 Å². The number of rotatable bonds is 9. The van der Waals surface area contributed by atoms with E-state index in [4.69, 9.17) is 4.74 Å². The monoisotopic (exact) mass is 573 g/mol. The Morgan fingerprint density at radius 3 is 2.44 bits per heavy atom. The lowest BCUT2D eigenvalue weighted by molar-refractivity contribution is 0.0695. The molecule has 0 bridgehead atoms. The van der Waals surface area contributed by atoms with Crippen LogP contribution in [0.2, 0.25) is 0 Å². The Kier molecular flexibility index (Phi) is 7.27. The van der Waals surface area contributed by atoms with Crippen molar-refractivity contribution in [3.8, 4) is 28.3 Å². The highest BCUT2D eigenvalue weighted by Gasteiger charge is 2.46. The Morgan fingerprint density at radius 1 is 0.907 bits per heavy atom. The van der Waals surface area contributed by atoms with Crippen LogP contribution in [-0.2, 0) is 0 Å². The summed E-state index contributed by atoms with van der Waals surface area (Å²) in [5.41, 5.74) is 5.59. The summed E-state index contributed by atoms with van der Waals surface area (Å²) in [4.78, 5) is 12.3. The number of hydrogen-bond acceptors (Lipinski definition) is 5. The second kappa shape index (κ2) is 11.5. The summed E-state index contributed by atoms with van der Waals surface area (Å²) in [6.45, 7) is 2.19. The predicted octanol–water partition coefficient (Wildman–Crippen LogP) is 7.44. The molecule has 2 saturated carbocycles. The Hall–Kier alpha value is -4.72. The maximum atomic E-state index is 12.3. The minimum absolute atomic E-state index is 0.0174. The van der Waals surface area contributed by atoms with Crippen molar-refractivity contribution in [1.29, 1.82) is 0 Å². The quantitative estimate of drug-likeness (QED) is 0.197. The maximum absolute atomic E-state index is 12.3. The lowest BCUT2D eigenvalue weighted by Gasteiger charge is -2.28. The van der Waals surface area contributed by atoms with Gasteiger partial charge in [-0.3, -0.25) is 0 Å². The van der Waals surface area contributed by atoms with Crippen molar-refractivity contribution in [2.24, 2.45) is 5.92 Å². The number of carboxylic acid groups (broad SMARTS) is 1. The molecule has 0 amide bonds. The predicted molar refractivity (Wildman–Crippen MR) is 164 cm³/mol. The Labute approximate surface area is 250 Å². The normalized spacial score (nSPS) is 19.2. The third-order valence-corrected chi connectivity index (χ3v) is 8.98. The van der Waals surface area contributed by atoms with E-state index in [1.54, 1.807) is 9.36 Å². The van der Waals surface area contributed by atoms with Crippen molar-refractivity contribution in [3.05, 3.63) is 108 Å². The minimum atomic E-state index is -0.979. The first-order valence-corrected chi connectivity index (χ1v) is 15.2. The van der Waals surface area contributed by atoms with Gasteiger partial charge in [-0.2, -0.15) is 5.10 Å². The average molecular weight is 574 g/mol. The number of aromatic nitrogens is 5. The van der Waals surface area contributed by atoms with Crippen LogP contribution < -0.4 is 4.74 Å². The van der Waals surface area contributed by atoms with Crippen molar-refractivity contribution in [3.63, 3.8) is 0 Å². The molecular weight excluding hydrogens is 538 g/mol. The van der Waals surface area contributed by atoms with Crippen molar-refractivity contribution in [1.82, 2.24) is 24.8 Å². The molecule has 8 nitrogen and oxygen atoms in total. The summed E-state index contributed by atoms with van der Waals surface area (Å²) in [5.74, 6) is 0.563. The number of aromatic carboxylic acids is 1. The molecule has 1 N–H and O–H groups in total. The molecule has 5 aromatic rings. The third kappa shape index (κ3) is 5.57. The first-order valence-electron chi connectivity index (χ1n) is 15.2. The van der Waals surface area contributed by atoms with Gasteiger partial charge in [0.1, 0.15) is 11.3 Å². The summed E-state index contributed by atoms with van der Waals surface area (Å²) in [7, 11) is 0. The van der Waals surface area contributed by atoms with E-state index >= 15 is 0 Å². The fourth-order valence-corrected chi connectivity index (χ4v) is 6.54. The van der Waals surface area contributed by atoms with Crippen LogP contribution in [0.1, 0.15) is 79.0 Å². The van der Waals surface area contributed by atoms with Gasteiger partial charge in [0, 0.05) is 11.8 Å². The summed E-state index contributed by atoms with van der Waals surface area (Å²) in [6.07, 6.45) is 10.8. The zero-order valence-corrected chi connectivity index (χ0v) is 24.2. The zero-order valence-electron chi connectivity index (χ0n) is 24.2. The van der Waals surface area contributed by atoms with E-state index < -0.39 is 5.97 Å². The second-order valence-corrected chi connectivity index (χ2v) is 11.8. The van der Waals surface area contributed by atoms with Gasteiger partial charge in [0.2, 0.25) is 0 Å². The van der Waals surface area contributed by atoms with Crippen molar-refractivity contribution >= 4 is 5.97 Å². The van der Waals surface area contributed by atoms with Gasteiger partial charge in [-0.05, 0) is 79.6 Å². The van der Waals surface area contributed by atoms with Crippen LogP contribution in [0.4, 0.5) is 0 Å².